The maximum absolute atomic E-state index is 10.6. The minimum Gasteiger partial charge on any atom is -0.475 e. The molecule has 0 saturated carbocycles. The number of alkyl halides is 3. The molecule has 0 saturated heterocycles. The molecule has 0 fully saturated rings. The third-order valence-electron chi connectivity index (χ3n) is 4.05. The van der Waals surface area contributed by atoms with E-state index in [2.05, 4.69) is 38.3 Å². The number of aryl methyl sites for hydroxylation is 2. The van der Waals surface area contributed by atoms with E-state index >= 15 is 0 Å². The number of carboxylic acids is 1. The molecule has 7 nitrogen and oxygen atoms in total. The maximum Gasteiger partial charge on any atom is 0.490 e. The number of ether oxygens (including phenoxy) is 1. The van der Waals surface area contributed by atoms with Crippen molar-refractivity contribution in [3.63, 3.8) is 0 Å². The average molecular weight is 432 g/mol. The first-order valence-corrected chi connectivity index (χ1v) is 9.73. The molecule has 0 aromatic carbocycles. The van der Waals surface area contributed by atoms with Crippen LogP contribution in [0.2, 0.25) is 0 Å². The molecule has 0 spiro atoms. The Kier molecular flexibility index (Phi) is 8.35. The minimum atomic E-state index is -5.08. The van der Waals surface area contributed by atoms with E-state index in [-0.39, 0.29) is 0 Å². The highest BCUT2D eigenvalue weighted by molar-refractivity contribution is 7.09. The lowest BCUT2D eigenvalue weighted by Crippen LogP contribution is -2.23. The van der Waals surface area contributed by atoms with Crippen LogP contribution in [0.25, 0.3) is 0 Å². The summed E-state index contributed by atoms with van der Waals surface area (Å²) in [5, 5.41) is 10.4. The first-order chi connectivity index (χ1) is 13.7. The Labute approximate surface area is 170 Å². The molecule has 29 heavy (non-hydrogen) atoms. The average Bonchev–Trinajstić information content (AvgIpc) is 3.15. The summed E-state index contributed by atoms with van der Waals surface area (Å²) >= 11 is 1.72. The minimum absolute atomic E-state index is 0.554. The number of imidazole rings is 1. The second-order valence-electron chi connectivity index (χ2n) is 6.36. The number of hydrogen-bond acceptors (Lipinski definition) is 6. The summed E-state index contributed by atoms with van der Waals surface area (Å²) in [6, 6.07) is 0. The number of rotatable bonds is 6. The molecular formula is C18H23F3N4O3S. The molecule has 0 atom stereocenters. The van der Waals surface area contributed by atoms with Gasteiger partial charge in [-0.05, 0) is 13.3 Å². The summed E-state index contributed by atoms with van der Waals surface area (Å²) in [5.41, 5.74) is 3.48. The molecule has 0 amide bonds. The molecule has 3 heterocycles. The van der Waals surface area contributed by atoms with Crippen LogP contribution >= 0.6 is 11.3 Å². The molecule has 1 N–H and O–H groups in total. The van der Waals surface area contributed by atoms with E-state index in [0.29, 0.717) is 13.2 Å². The van der Waals surface area contributed by atoms with E-state index in [4.69, 9.17) is 14.6 Å². The van der Waals surface area contributed by atoms with Crippen LogP contribution in [0.15, 0.2) is 24.4 Å². The van der Waals surface area contributed by atoms with Crippen molar-refractivity contribution in [2.24, 2.45) is 0 Å². The van der Waals surface area contributed by atoms with Crippen molar-refractivity contribution in [1.82, 2.24) is 19.4 Å². The Hall–Kier alpha value is -2.24. The second-order valence-corrected chi connectivity index (χ2v) is 7.42. The van der Waals surface area contributed by atoms with Crippen molar-refractivity contribution >= 4 is 17.3 Å². The fourth-order valence-corrected chi connectivity index (χ4v) is 3.39. The van der Waals surface area contributed by atoms with Crippen LogP contribution < -0.4 is 0 Å². The van der Waals surface area contributed by atoms with Crippen molar-refractivity contribution in [3.05, 3.63) is 46.5 Å². The summed E-state index contributed by atoms with van der Waals surface area (Å²) in [4.78, 5) is 20.4. The molecule has 2 aromatic rings. The Morgan fingerprint density at radius 1 is 1.45 bits per heavy atom. The topological polar surface area (TPSA) is 80.5 Å². The van der Waals surface area contributed by atoms with E-state index < -0.39 is 12.1 Å². The normalized spacial score (nSPS) is 14.5. The van der Waals surface area contributed by atoms with Crippen molar-refractivity contribution in [2.45, 2.75) is 45.8 Å². The Morgan fingerprint density at radius 2 is 2.17 bits per heavy atom. The number of carboxylic acid groups (broad SMARTS) is 1. The molecule has 3 rings (SSSR count). The predicted octanol–water partition coefficient (Wildman–Crippen LogP) is 3.39. The number of aromatic nitrogens is 3. The first kappa shape index (κ1) is 23.0. The molecule has 1 aliphatic heterocycles. The summed E-state index contributed by atoms with van der Waals surface area (Å²) in [6.45, 7) is 10.8. The monoisotopic (exact) mass is 432 g/mol. The number of hydrogen-bond donors (Lipinski definition) is 1. The van der Waals surface area contributed by atoms with Gasteiger partial charge < -0.3 is 14.4 Å². The van der Waals surface area contributed by atoms with Gasteiger partial charge in [0.15, 0.2) is 0 Å². The van der Waals surface area contributed by atoms with E-state index in [0.717, 1.165) is 43.3 Å². The van der Waals surface area contributed by atoms with Gasteiger partial charge in [0.05, 0.1) is 41.6 Å². The van der Waals surface area contributed by atoms with Gasteiger partial charge in [-0.25, -0.2) is 14.8 Å². The molecule has 160 valence electrons. The van der Waals surface area contributed by atoms with Gasteiger partial charge in [-0.15, -0.1) is 17.9 Å². The van der Waals surface area contributed by atoms with Gasteiger partial charge in [0, 0.05) is 31.6 Å². The fraction of sp³-hybridized carbons (Fsp3) is 0.500. The number of fused-ring (bicyclic) bond motifs is 1. The van der Waals surface area contributed by atoms with E-state index in [9.17, 15) is 13.2 Å². The van der Waals surface area contributed by atoms with Gasteiger partial charge >= 0.3 is 12.1 Å². The number of halogens is 3. The summed E-state index contributed by atoms with van der Waals surface area (Å²) in [5.74, 6) is -2.76. The highest BCUT2D eigenvalue weighted by atomic mass is 32.1. The summed E-state index contributed by atoms with van der Waals surface area (Å²) in [7, 11) is 0. The Balaban J connectivity index is 0.000000370. The lowest BCUT2D eigenvalue weighted by atomic mass is 10.3. The highest BCUT2D eigenvalue weighted by Crippen LogP contribution is 2.19. The van der Waals surface area contributed by atoms with Gasteiger partial charge in [-0.3, -0.25) is 4.90 Å². The van der Waals surface area contributed by atoms with Gasteiger partial charge in [0.1, 0.15) is 0 Å². The quantitative estimate of drug-likeness (QED) is 0.557. The van der Waals surface area contributed by atoms with E-state index in [1.165, 1.54) is 11.4 Å². The van der Waals surface area contributed by atoms with Gasteiger partial charge in [0.2, 0.25) is 0 Å². The zero-order chi connectivity index (χ0) is 21.4. The summed E-state index contributed by atoms with van der Waals surface area (Å²) in [6.07, 6.45) is -0.233. The number of aliphatic carboxylic acids is 1. The second kappa shape index (κ2) is 10.5. The van der Waals surface area contributed by atoms with Crippen LogP contribution in [0.4, 0.5) is 13.2 Å². The van der Waals surface area contributed by atoms with Crippen LogP contribution in [0.3, 0.4) is 0 Å². The third-order valence-corrected chi connectivity index (χ3v) is 4.87. The lowest BCUT2D eigenvalue weighted by molar-refractivity contribution is -0.192. The molecule has 2 aromatic heterocycles. The molecular weight excluding hydrogens is 409 g/mol. The molecule has 0 bridgehead atoms. The standard InChI is InChI=1S/C16H22N4OS.C2HF3O2/c1-3-7-21-10-15-16-9-19(5-4-6-20(16)12-17-15)8-14-11-22-13(2)18-14;3-2(4,5)1(6)7/h3,11-12H,1,4-10H2,2H3;(H,6,7). The Morgan fingerprint density at radius 3 is 2.76 bits per heavy atom. The zero-order valence-corrected chi connectivity index (χ0v) is 16.8. The maximum atomic E-state index is 10.6. The largest absolute Gasteiger partial charge is 0.490 e. The number of carbonyl (C=O) groups is 1. The van der Waals surface area contributed by atoms with Crippen LogP contribution in [0.5, 0.6) is 0 Å². The van der Waals surface area contributed by atoms with Gasteiger partial charge in [-0.1, -0.05) is 6.08 Å². The molecule has 0 radical (unpaired) electrons. The molecule has 0 unspecified atom stereocenters. The Bertz CT molecular complexity index is 820. The van der Waals surface area contributed by atoms with Crippen LogP contribution in [0, 0.1) is 6.92 Å². The summed E-state index contributed by atoms with van der Waals surface area (Å²) < 4.78 is 39.6. The van der Waals surface area contributed by atoms with Crippen molar-refractivity contribution in [1.29, 1.82) is 0 Å². The van der Waals surface area contributed by atoms with Gasteiger partial charge in [0.25, 0.3) is 0 Å². The van der Waals surface area contributed by atoms with Crippen molar-refractivity contribution in [3.8, 4) is 0 Å². The van der Waals surface area contributed by atoms with Crippen LogP contribution in [-0.4, -0.2) is 49.8 Å². The molecule has 0 aliphatic carbocycles. The highest BCUT2D eigenvalue weighted by Gasteiger charge is 2.38. The number of thiazole rings is 1. The predicted molar refractivity (Wildman–Crippen MR) is 101 cm³/mol. The lowest BCUT2D eigenvalue weighted by Gasteiger charge is -2.18. The SMILES string of the molecule is C=CCOCc1ncn2c1CN(Cc1csc(C)n1)CCC2.O=C(O)C(F)(F)F. The van der Waals surface area contributed by atoms with Crippen molar-refractivity contribution < 1.29 is 27.8 Å². The molecule has 11 heteroatoms. The zero-order valence-electron chi connectivity index (χ0n) is 16.0. The van der Waals surface area contributed by atoms with Crippen LogP contribution in [-0.2, 0) is 35.8 Å². The molecule has 1 aliphatic rings. The smallest absolute Gasteiger partial charge is 0.475 e. The van der Waals surface area contributed by atoms with Crippen LogP contribution in [0.1, 0.15) is 28.5 Å². The van der Waals surface area contributed by atoms with E-state index in [1.54, 1.807) is 17.4 Å². The van der Waals surface area contributed by atoms with Gasteiger partial charge in [-0.2, -0.15) is 13.2 Å². The first-order valence-electron chi connectivity index (χ1n) is 8.85. The van der Waals surface area contributed by atoms with E-state index in [1.807, 2.05) is 6.33 Å². The van der Waals surface area contributed by atoms with Crippen molar-refractivity contribution in [2.75, 3.05) is 13.2 Å². The fourth-order valence-electron chi connectivity index (χ4n) is 2.78. The third kappa shape index (κ3) is 7.26. The number of nitrogens with zero attached hydrogens (tertiary/aromatic N) is 4.